The molecule has 1 unspecified atom stereocenters. The standard InChI is InChI=1S/C21H31ClN4O4/c1-25(21-23-18(22)12-19(24-21)30-17-6-9-29-13-17)16-10-14-4-3-5-15(11-16)26(14)20(27)7-8-28-2/h12,14-17H,3-11,13H2,1-2H3/t14-,15+,16?,17-/m1/s1. The summed E-state index contributed by atoms with van der Waals surface area (Å²) >= 11 is 6.27. The van der Waals surface area contributed by atoms with Crippen molar-refractivity contribution < 1.29 is 19.0 Å². The van der Waals surface area contributed by atoms with E-state index in [4.69, 9.17) is 25.8 Å². The molecule has 0 saturated carbocycles. The van der Waals surface area contributed by atoms with Gasteiger partial charge in [-0.15, -0.1) is 0 Å². The highest BCUT2D eigenvalue weighted by atomic mass is 35.5. The fourth-order valence-electron chi connectivity index (χ4n) is 4.94. The van der Waals surface area contributed by atoms with Crippen LogP contribution in [-0.2, 0) is 14.3 Å². The van der Waals surface area contributed by atoms with Gasteiger partial charge in [0.2, 0.25) is 17.7 Å². The molecule has 1 amide bonds. The van der Waals surface area contributed by atoms with Crippen molar-refractivity contribution in [3.63, 3.8) is 0 Å². The summed E-state index contributed by atoms with van der Waals surface area (Å²) in [5.41, 5.74) is 0. The van der Waals surface area contributed by atoms with Crippen LogP contribution >= 0.6 is 11.6 Å². The Balaban J connectivity index is 1.46. The third-order valence-electron chi connectivity index (χ3n) is 6.46. The molecule has 166 valence electrons. The van der Waals surface area contributed by atoms with Crippen LogP contribution in [0.15, 0.2) is 6.07 Å². The molecular weight excluding hydrogens is 408 g/mol. The summed E-state index contributed by atoms with van der Waals surface area (Å²) < 4.78 is 16.4. The first-order chi connectivity index (χ1) is 14.5. The van der Waals surface area contributed by atoms with Gasteiger partial charge in [0.1, 0.15) is 11.3 Å². The number of anilines is 1. The largest absolute Gasteiger partial charge is 0.472 e. The zero-order valence-electron chi connectivity index (χ0n) is 17.8. The molecule has 0 aliphatic carbocycles. The number of aromatic nitrogens is 2. The van der Waals surface area contributed by atoms with E-state index in [1.165, 1.54) is 6.42 Å². The van der Waals surface area contributed by atoms with Crippen LogP contribution in [0.4, 0.5) is 5.95 Å². The minimum Gasteiger partial charge on any atom is -0.472 e. The van der Waals surface area contributed by atoms with Crippen LogP contribution in [0.25, 0.3) is 0 Å². The van der Waals surface area contributed by atoms with Crippen molar-refractivity contribution in [2.24, 2.45) is 0 Å². The van der Waals surface area contributed by atoms with Gasteiger partial charge in [0, 0.05) is 44.8 Å². The van der Waals surface area contributed by atoms with Gasteiger partial charge in [-0.1, -0.05) is 11.6 Å². The summed E-state index contributed by atoms with van der Waals surface area (Å²) in [6.07, 6.45) is 6.41. The Morgan fingerprint density at radius 2 is 2.07 bits per heavy atom. The lowest BCUT2D eigenvalue weighted by Gasteiger charge is -2.50. The van der Waals surface area contributed by atoms with Crippen LogP contribution in [0.2, 0.25) is 5.15 Å². The third kappa shape index (κ3) is 4.81. The summed E-state index contributed by atoms with van der Waals surface area (Å²) in [6.45, 7) is 1.76. The molecule has 0 radical (unpaired) electrons. The molecule has 4 heterocycles. The van der Waals surface area contributed by atoms with Gasteiger partial charge in [0.25, 0.3) is 0 Å². The maximum Gasteiger partial charge on any atom is 0.230 e. The van der Waals surface area contributed by atoms with Gasteiger partial charge in [-0.3, -0.25) is 4.79 Å². The molecule has 3 aliphatic heterocycles. The molecular formula is C21H31ClN4O4. The Morgan fingerprint density at radius 1 is 1.30 bits per heavy atom. The third-order valence-corrected chi connectivity index (χ3v) is 6.65. The Hall–Kier alpha value is -1.64. The van der Waals surface area contributed by atoms with Crippen LogP contribution in [0.1, 0.15) is 44.9 Å². The second-order valence-electron chi connectivity index (χ2n) is 8.45. The van der Waals surface area contributed by atoms with Gasteiger partial charge in [0.15, 0.2) is 0 Å². The average molecular weight is 439 g/mol. The number of piperidine rings is 2. The number of amides is 1. The monoisotopic (exact) mass is 438 g/mol. The molecule has 9 heteroatoms. The van der Waals surface area contributed by atoms with Crippen molar-refractivity contribution in [3.8, 4) is 5.88 Å². The van der Waals surface area contributed by atoms with E-state index < -0.39 is 0 Å². The predicted molar refractivity (Wildman–Crippen MR) is 113 cm³/mol. The van der Waals surface area contributed by atoms with Crippen molar-refractivity contribution in [2.75, 3.05) is 38.9 Å². The first-order valence-electron chi connectivity index (χ1n) is 10.9. The first-order valence-corrected chi connectivity index (χ1v) is 11.2. The summed E-state index contributed by atoms with van der Waals surface area (Å²) in [5.74, 6) is 1.26. The summed E-state index contributed by atoms with van der Waals surface area (Å²) in [7, 11) is 3.65. The van der Waals surface area contributed by atoms with E-state index in [-0.39, 0.29) is 30.1 Å². The lowest BCUT2D eigenvalue weighted by atomic mass is 9.81. The van der Waals surface area contributed by atoms with Crippen molar-refractivity contribution in [3.05, 3.63) is 11.2 Å². The number of hydrogen-bond donors (Lipinski definition) is 0. The molecule has 3 fully saturated rings. The second kappa shape index (κ2) is 9.66. The zero-order valence-corrected chi connectivity index (χ0v) is 18.5. The topological polar surface area (TPSA) is 77.0 Å². The highest BCUT2D eigenvalue weighted by Crippen LogP contribution is 2.37. The van der Waals surface area contributed by atoms with E-state index in [0.717, 1.165) is 32.1 Å². The Labute approximate surface area is 182 Å². The number of rotatable bonds is 7. The molecule has 8 nitrogen and oxygen atoms in total. The van der Waals surface area contributed by atoms with Crippen LogP contribution in [-0.4, -0.2) is 79.0 Å². The minimum absolute atomic E-state index is 0.00910. The van der Waals surface area contributed by atoms with E-state index in [0.29, 0.717) is 43.2 Å². The smallest absolute Gasteiger partial charge is 0.230 e. The van der Waals surface area contributed by atoms with Gasteiger partial charge < -0.3 is 24.0 Å². The molecule has 3 aliphatic rings. The predicted octanol–water partition coefficient (Wildman–Crippen LogP) is 2.68. The average Bonchev–Trinajstić information content (AvgIpc) is 3.23. The summed E-state index contributed by atoms with van der Waals surface area (Å²) in [6, 6.07) is 2.44. The fourth-order valence-corrected chi connectivity index (χ4v) is 5.11. The fraction of sp³-hybridized carbons (Fsp3) is 0.762. The highest BCUT2D eigenvalue weighted by molar-refractivity contribution is 6.29. The lowest BCUT2D eigenvalue weighted by molar-refractivity contribution is -0.142. The van der Waals surface area contributed by atoms with Crippen LogP contribution in [0.5, 0.6) is 5.88 Å². The zero-order chi connectivity index (χ0) is 21.1. The molecule has 30 heavy (non-hydrogen) atoms. The number of methoxy groups -OCH3 is 1. The second-order valence-corrected chi connectivity index (χ2v) is 8.84. The van der Waals surface area contributed by atoms with Crippen LogP contribution in [0.3, 0.4) is 0 Å². The first kappa shape index (κ1) is 21.6. The van der Waals surface area contributed by atoms with Crippen molar-refractivity contribution in [1.29, 1.82) is 0 Å². The van der Waals surface area contributed by atoms with Gasteiger partial charge in [-0.25, -0.2) is 4.98 Å². The van der Waals surface area contributed by atoms with E-state index in [2.05, 4.69) is 19.8 Å². The number of halogens is 1. The van der Waals surface area contributed by atoms with Crippen LogP contribution in [0, 0.1) is 0 Å². The number of nitrogens with zero attached hydrogens (tertiary/aromatic N) is 4. The minimum atomic E-state index is 0.00910. The normalized spacial score (nSPS) is 28.4. The Bertz CT molecular complexity index is 732. The quantitative estimate of drug-likeness (QED) is 0.605. The molecule has 0 spiro atoms. The van der Waals surface area contributed by atoms with Gasteiger partial charge in [-0.05, 0) is 32.1 Å². The van der Waals surface area contributed by atoms with E-state index in [1.807, 2.05) is 7.05 Å². The van der Waals surface area contributed by atoms with Crippen LogP contribution < -0.4 is 9.64 Å². The lowest BCUT2D eigenvalue weighted by Crippen LogP contribution is -2.58. The van der Waals surface area contributed by atoms with E-state index >= 15 is 0 Å². The Kier molecular flexibility index (Phi) is 6.95. The maximum atomic E-state index is 12.7. The maximum absolute atomic E-state index is 12.7. The number of hydrogen-bond acceptors (Lipinski definition) is 7. The molecule has 3 saturated heterocycles. The highest BCUT2D eigenvalue weighted by Gasteiger charge is 2.42. The number of fused-ring (bicyclic) bond motifs is 2. The van der Waals surface area contributed by atoms with E-state index in [1.54, 1.807) is 13.2 Å². The van der Waals surface area contributed by atoms with E-state index in [9.17, 15) is 4.79 Å². The van der Waals surface area contributed by atoms with Crippen molar-refractivity contribution >= 4 is 23.5 Å². The number of carbonyl (C=O) groups is 1. The molecule has 0 N–H and O–H groups in total. The Morgan fingerprint density at radius 3 is 2.73 bits per heavy atom. The molecule has 0 aromatic carbocycles. The number of carbonyl (C=O) groups excluding carboxylic acids is 1. The van der Waals surface area contributed by atoms with Crippen molar-refractivity contribution in [1.82, 2.24) is 14.9 Å². The van der Waals surface area contributed by atoms with Gasteiger partial charge >= 0.3 is 0 Å². The SMILES string of the molecule is COCCC(=O)N1[C@@H]2CCC[C@H]1CC(N(C)c1nc(Cl)cc(O[C@@H]3CCOC3)n1)C2. The van der Waals surface area contributed by atoms with Crippen molar-refractivity contribution in [2.45, 2.75) is 69.2 Å². The van der Waals surface area contributed by atoms with Gasteiger partial charge in [0.05, 0.1) is 26.2 Å². The molecule has 1 aromatic rings. The van der Waals surface area contributed by atoms with Gasteiger partial charge in [-0.2, -0.15) is 4.98 Å². The molecule has 4 atom stereocenters. The molecule has 1 aromatic heterocycles. The molecule has 4 rings (SSSR count). The molecule has 2 bridgehead atoms. The number of ether oxygens (including phenoxy) is 3. The summed E-state index contributed by atoms with van der Waals surface area (Å²) in [4.78, 5) is 26.0. The summed E-state index contributed by atoms with van der Waals surface area (Å²) in [5, 5.41) is 0.369.